The number of hydrogen-bond donors (Lipinski definition) is 0. The molecule has 0 heterocycles. The van der Waals surface area contributed by atoms with Gasteiger partial charge < -0.3 is 10.4 Å². The number of rotatable bonds is 6. The highest BCUT2D eigenvalue weighted by Crippen LogP contribution is 2.04. The van der Waals surface area contributed by atoms with Gasteiger partial charge in [0.25, 0.3) is 0 Å². The van der Waals surface area contributed by atoms with Crippen LogP contribution in [0.5, 0.6) is 0 Å². The zero-order valence-corrected chi connectivity index (χ0v) is 9.06. The van der Waals surface area contributed by atoms with Crippen molar-refractivity contribution in [1.29, 1.82) is 0 Å². The van der Waals surface area contributed by atoms with Crippen LogP contribution in [-0.2, 0) is 0 Å². The molecule has 76 valence electrons. The molecule has 0 fully saturated rings. The van der Waals surface area contributed by atoms with E-state index in [1.54, 1.807) is 0 Å². The quantitative estimate of drug-likeness (QED) is 0.608. The van der Waals surface area contributed by atoms with E-state index in [2.05, 4.69) is 32.6 Å². The van der Waals surface area contributed by atoms with Crippen LogP contribution in [0.25, 0.3) is 0 Å². The number of hydrogen-bond acceptors (Lipinski definition) is 1. The minimum atomic E-state index is 0. The summed E-state index contributed by atoms with van der Waals surface area (Å²) in [5.74, 6) is 0. The fraction of sp³-hybridized carbons (Fsp3) is 1.00. The first-order chi connectivity index (χ1) is 5.26. The predicted octanol–water partition coefficient (Wildman–Crippen LogP) is 2.08. The van der Waals surface area contributed by atoms with Crippen LogP contribution < -0.4 is 0 Å². The molecule has 0 radical (unpaired) electrons. The molecule has 0 amide bonds. The third-order valence-corrected chi connectivity index (χ3v) is 2.24. The zero-order valence-electron chi connectivity index (χ0n) is 9.06. The van der Waals surface area contributed by atoms with Gasteiger partial charge >= 0.3 is 0 Å². The molecule has 0 aliphatic carbocycles. The summed E-state index contributed by atoms with van der Waals surface area (Å²) in [6, 6.07) is 0.773. The van der Waals surface area contributed by atoms with E-state index < -0.39 is 0 Å². The normalized spacial score (nSPS) is 12.8. The first-order valence-corrected chi connectivity index (χ1v) is 5.00. The van der Waals surface area contributed by atoms with Gasteiger partial charge in [-0.2, -0.15) is 0 Å². The third-order valence-electron chi connectivity index (χ3n) is 2.24. The van der Waals surface area contributed by atoms with Crippen molar-refractivity contribution in [2.75, 3.05) is 13.1 Å². The molecule has 2 nitrogen and oxygen atoms in total. The maximum atomic E-state index is 2.58. The summed E-state index contributed by atoms with van der Waals surface area (Å²) >= 11 is 0. The van der Waals surface area contributed by atoms with Crippen molar-refractivity contribution in [3.8, 4) is 0 Å². The van der Waals surface area contributed by atoms with Crippen LogP contribution in [0.15, 0.2) is 0 Å². The fourth-order valence-electron chi connectivity index (χ4n) is 1.39. The maximum Gasteiger partial charge on any atom is 0.00642 e. The second-order valence-electron chi connectivity index (χ2n) is 3.29. The van der Waals surface area contributed by atoms with Gasteiger partial charge in [-0.25, -0.2) is 0 Å². The first kappa shape index (κ1) is 14.4. The Bertz CT molecular complexity index is 79.9. The monoisotopic (exact) mass is 175 g/mol. The van der Waals surface area contributed by atoms with Gasteiger partial charge in [0, 0.05) is 6.04 Å². The molecule has 0 spiro atoms. The fourth-order valence-corrected chi connectivity index (χ4v) is 1.39. The van der Waals surface area contributed by atoms with E-state index in [1.165, 1.54) is 32.4 Å². The minimum absolute atomic E-state index is 0. The van der Waals surface area contributed by atoms with Gasteiger partial charge in [-0.05, 0) is 39.3 Å². The smallest absolute Gasteiger partial charge is 0.00642 e. The highest BCUT2D eigenvalue weighted by molar-refractivity contribution is 4.63. The molecule has 0 saturated heterocycles. The van der Waals surface area contributed by atoms with Gasteiger partial charge in [0.15, 0.2) is 0 Å². The average molecular weight is 175 g/mol. The lowest BCUT2D eigenvalue weighted by molar-refractivity contribution is 0.204. The lowest BCUT2D eigenvalue weighted by atomic mass is 10.2. The first-order valence-electron chi connectivity index (χ1n) is 5.00. The van der Waals surface area contributed by atoms with Crippen LogP contribution in [-0.4, -0.2) is 29.5 Å². The molecule has 1 atom stereocenters. The molecular formula is C10H25NO. The minimum Gasteiger partial charge on any atom is -0.412 e. The van der Waals surface area contributed by atoms with Crippen molar-refractivity contribution in [2.24, 2.45) is 0 Å². The molecule has 0 rings (SSSR count). The van der Waals surface area contributed by atoms with E-state index in [0.717, 1.165) is 6.04 Å². The molecule has 0 aromatic heterocycles. The Balaban J connectivity index is 0. The maximum absolute atomic E-state index is 2.58. The second kappa shape index (κ2) is 9.01. The Kier molecular flexibility index (Phi) is 10.8. The van der Waals surface area contributed by atoms with E-state index in [1.807, 2.05) is 0 Å². The predicted molar refractivity (Wildman–Crippen MR) is 55.5 cm³/mol. The SMILES string of the molecule is CCCN(CCC)C(C)CC.O. The number of nitrogens with zero attached hydrogens (tertiary/aromatic N) is 1. The molecule has 0 aromatic carbocycles. The molecule has 2 N–H and O–H groups in total. The van der Waals surface area contributed by atoms with Crippen molar-refractivity contribution >= 4 is 0 Å². The molecule has 0 saturated carbocycles. The highest BCUT2D eigenvalue weighted by Gasteiger charge is 2.08. The lowest BCUT2D eigenvalue weighted by Crippen LogP contribution is -2.33. The van der Waals surface area contributed by atoms with E-state index >= 15 is 0 Å². The van der Waals surface area contributed by atoms with Crippen LogP contribution in [0.1, 0.15) is 47.0 Å². The van der Waals surface area contributed by atoms with Gasteiger partial charge in [-0.3, -0.25) is 0 Å². The summed E-state index contributed by atoms with van der Waals surface area (Å²) in [5.41, 5.74) is 0. The van der Waals surface area contributed by atoms with E-state index in [-0.39, 0.29) is 5.48 Å². The van der Waals surface area contributed by atoms with Gasteiger partial charge in [-0.1, -0.05) is 20.8 Å². The summed E-state index contributed by atoms with van der Waals surface area (Å²) in [7, 11) is 0. The highest BCUT2D eigenvalue weighted by atomic mass is 16.0. The largest absolute Gasteiger partial charge is 0.412 e. The molecule has 1 unspecified atom stereocenters. The third kappa shape index (κ3) is 5.56. The topological polar surface area (TPSA) is 34.7 Å². The molecule has 2 heteroatoms. The van der Waals surface area contributed by atoms with Crippen molar-refractivity contribution in [3.63, 3.8) is 0 Å². The lowest BCUT2D eigenvalue weighted by Gasteiger charge is -2.27. The Morgan fingerprint density at radius 2 is 1.42 bits per heavy atom. The summed E-state index contributed by atoms with van der Waals surface area (Å²) in [4.78, 5) is 2.58. The van der Waals surface area contributed by atoms with E-state index in [4.69, 9.17) is 0 Å². The Labute approximate surface area is 77.3 Å². The van der Waals surface area contributed by atoms with Gasteiger partial charge in [0.1, 0.15) is 0 Å². The van der Waals surface area contributed by atoms with Crippen molar-refractivity contribution in [1.82, 2.24) is 4.90 Å². The van der Waals surface area contributed by atoms with Crippen LogP contribution >= 0.6 is 0 Å². The molecule has 12 heavy (non-hydrogen) atoms. The molecule has 0 bridgehead atoms. The average Bonchev–Trinajstić information content (AvgIpc) is 2.03. The van der Waals surface area contributed by atoms with Crippen LogP contribution in [0.3, 0.4) is 0 Å². The van der Waals surface area contributed by atoms with Gasteiger partial charge in [-0.15, -0.1) is 0 Å². The van der Waals surface area contributed by atoms with Crippen molar-refractivity contribution in [2.45, 2.75) is 53.0 Å². The van der Waals surface area contributed by atoms with E-state index in [9.17, 15) is 0 Å². The van der Waals surface area contributed by atoms with Crippen LogP contribution in [0, 0.1) is 0 Å². The van der Waals surface area contributed by atoms with E-state index in [0.29, 0.717) is 0 Å². The van der Waals surface area contributed by atoms with Crippen molar-refractivity contribution in [3.05, 3.63) is 0 Å². The summed E-state index contributed by atoms with van der Waals surface area (Å²) in [6.07, 6.45) is 3.84. The second-order valence-corrected chi connectivity index (χ2v) is 3.29. The Morgan fingerprint density at radius 3 is 1.67 bits per heavy atom. The summed E-state index contributed by atoms with van der Waals surface area (Å²) in [5, 5.41) is 0. The molecule has 0 aromatic rings. The van der Waals surface area contributed by atoms with Crippen molar-refractivity contribution < 1.29 is 5.48 Å². The molecular weight excluding hydrogens is 150 g/mol. The Hall–Kier alpha value is -0.0800. The summed E-state index contributed by atoms with van der Waals surface area (Å²) < 4.78 is 0. The zero-order chi connectivity index (χ0) is 8.69. The molecule has 0 aliphatic heterocycles. The van der Waals surface area contributed by atoms with Gasteiger partial charge in [0.2, 0.25) is 0 Å². The van der Waals surface area contributed by atoms with Crippen LogP contribution in [0.2, 0.25) is 0 Å². The Morgan fingerprint density at radius 1 is 1.00 bits per heavy atom. The van der Waals surface area contributed by atoms with Crippen LogP contribution in [0.4, 0.5) is 0 Å². The summed E-state index contributed by atoms with van der Waals surface area (Å²) in [6.45, 7) is 11.6. The van der Waals surface area contributed by atoms with Gasteiger partial charge in [0.05, 0.1) is 0 Å². The molecule has 0 aliphatic rings. The standard InChI is InChI=1S/C10H23N.H2O/c1-5-8-11(9-6-2)10(4)7-3;/h10H,5-9H2,1-4H3;1H2.